The zero-order valence-corrected chi connectivity index (χ0v) is 15.4. The van der Waals surface area contributed by atoms with Crippen molar-refractivity contribution in [1.29, 1.82) is 0 Å². The number of ether oxygens (including phenoxy) is 1. The molecule has 0 spiro atoms. The Balaban J connectivity index is 1.64. The molecule has 1 saturated heterocycles. The number of nitrogen functional groups attached to an aromatic ring is 1. The van der Waals surface area contributed by atoms with Crippen molar-refractivity contribution in [2.24, 2.45) is 0 Å². The number of piperazine rings is 1. The number of hydrogen-bond donors (Lipinski definition) is 2. The van der Waals surface area contributed by atoms with Gasteiger partial charge in [0.2, 0.25) is 0 Å². The first-order chi connectivity index (χ1) is 12.6. The second-order valence-electron chi connectivity index (χ2n) is 6.31. The number of carbonyl (C=O) groups is 1. The fraction of sp³-hybridized carbons (Fsp3) is 0.350. The van der Waals surface area contributed by atoms with E-state index in [1.54, 1.807) is 13.2 Å². The molecular weight excluding hydrogens is 328 g/mol. The summed E-state index contributed by atoms with van der Waals surface area (Å²) < 4.78 is 5.22. The lowest BCUT2D eigenvalue weighted by Crippen LogP contribution is -2.46. The second-order valence-corrected chi connectivity index (χ2v) is 6.31. The van der Waals surface area contributed by atoms with Gasteiger partial charge in [-0.25, -0.2) is 0 Å². The van der Waals surface area contributed by atoms with Gasteiger partial charge in [-0.15, -0.1) is 0 Å². The van der Waals surface area contributed by atoms with E-state index in [2.05, 4.69) is 27.2 Å². The summed E-state index contributed by atoms with van der Waals surface area (Å²) in [5, 5.41) is 2.80. The molecule has 3 N–H and O–H groups in total. The summed E-state index contributed by atoms with van der Waals surface area (Å²) in [7, 11) is 1.68. The minimum absolute atomic E-state index is 0.0879. The molecule has 2 aromatic rings. The summed E-state index contributed by atoms with van der Waals surface area (Å²) in [6.45, 7) is 6.12. The number of methoxy groups -OCH3 is 1. The average Bonchev–Trinajstić information content (AvgIpc) is 2.68. The SMILES string of the molecule is CCNC(=O)c1ccc(N2CCN(c3ccc(OC)cc3)CC2)c(N)c1. The highest BCUT2D eigenvalue weighted by atomic mass is 16.5. The Morgan fingerprint density at radius 1 is 1.08 bits per heavy atom. The molecule has 1 amide bonds. The number of nitrogens with two attached hydrogens (primary N) is 1. The monoisotopic (exact) mass is 354 g/mol. The zero-order chi connectivity index (χ0) is 18.5. The molecule has 6 nitrogen and oxygen atoms in total. The molecule has 1 heterocycles. The largest absolute Gasteiger partial charge is 0.497 e. The average molecular weight is 354 g/mol. The van der Waals surface area contributed by atoms with Crippen molar-refractivity contribution in [3.05, 3.63) is 48.0 Å². The van der Waals surface area contributed by atoms with Gasteiger partial charge in [-0.2, -0.15) is 0 Å². The molecule has 3 rings (SSSR count). The maximum atomic E-state index is 11.9. The van der Waals surface area contributed by atoms with Crippen LogP contribution in [0.25, 0.3) is 0 Å². The van der Waals surface area contributed by atoms with Gasteiger partial charge in [-0.05, 0) is 49.4 Å². The third-order valence-corrected chi connectivity index (χ3v) is 4.68. The van der Waals surface area contributed by atoms with Crippen LogP contribution in [0.4, 0.5) is 17.1 Å². The molecule has 6 heteroatoms. The smallest absolute Gasteiger partial charge is 0.251 e. The lowest BCUT2D eigenvalue weighted by molar-refractivity contribution is 0.0956. The predicted molar refractivity (Wildman–Crippen MR) is 106 cm³/mol. The number of amides is 1. The molecule has 1 aliphatic rings. The van der Waals surface area contributed by atoms with E-state index in [1.165, 1.54) is 5.69 Å². The standard InChI is InChI=1S/C20H26N4O2/c1-3-22-20(25)15-4-9-19(18(21)14-15)24-12-10-23(11-13-24)16-5-7-17(26-2)8-6-16/h4-9,14H,3,10-13,21H2,1-2H3,(H,22,25). The van der Waals surface area contributed by atoms with Gasteiger partial charge in [0.1, 0.15) is 5.75 Å². The number of nitrogens with one attached hydrogen (secondary N) is 1. The first-order valence-corrected chi connectivity index (χ1v) is 8.94. The van der Waals surface area contributed by atoms with Gasteiger partial charge >= 0.3 is 0 Å². The molecule has 0 aromatic heterocycles. The molecule has 0 bridgehead atoms. The molecule has 0 aliphatic carbocycles. The highest BCUT2D eigenvalue weighted by molar-refractivity contribution is 5.96. The molecule has 138 valence electrons. The molecule has 1 aliphatic heterocycles. The Bertz CT molecular complexity index is 753. The van der Waals surface area contributed by atoms with Gasteiger partial charge in [0, 0.05) is 44.0 Å². The van der Waals surface area contributed by atoms with E-state index in [9.17, 15) is 4.79 Å². The maximum absolute atomic E-state index is 11.9. The van der Waals surface area contributed by atoms with Crippen LogP contribution in [0.3, 0.4) is 0 Å². The Labute approximate surface area is 154 Å². The van der Waals surface area contributed by atoms with Crippen molar-refractivity contribution in [1.82, 2.24) is 5.32 Å². The first kappa shape index (κ1) is 17.9. The highest BCUT2D eigenvalue weighted by Gasteiger charge is 2.19. The van der Waals surface area contributed by atoms with E-state index in [-0.39, 0.29) is 5.91 Å². The van der Waals surface area contributed by atoms with Crippen LogP contribution < -0.4 is 25.6 Å². The van der Waals surface area contributed by atoms with Crippen LogP contribution in [0.15, 0.2) is 42.5 Å². The number of carbonyl (C=O) groups excluding carboxylic acids is 1. The van der Waals surface area contributed by atoms with Crippen molar-refractivity contribution >= 4 is 23.0 Å². The van der Waals surface area contributed by atoms with Crippen LogP contribution in [0.2, 0.25) is 0 Å². The first-order valence-electron chi connectivity index (χ1n) is 8.94. The van der Waals surface area contributed by atoms with E-state index in [0.717, 1.165) is 37.6 Å². The molecule has 1 fully saturated rings. The summed E-state index contributed by atoms with van der Waals surface area (Å²) >= 11 is 0. The fourth-order valence-electron chi connectivity index (χ4n) is 3.24. The molecule has 26 heavy (non-hydrogen) atoms. The van der Waals surface area contributed by atoms with Gasteiger partial charge < -0.3 is 25.6 Å². The van der Waals surface area contributed by atoms with Gasteiger partial charge in [-0.3, -0.25) is 4.79 Å². The third kappa shape index (κ3) is 3.85. The van der Waals surface area contributed by atoms with Crippen LogP contribution in [0.1, 0.15) is 17.3 Å². The predicted octanol–water partition coefficient (Wildman–Crippen LogP) is 2.35. The van der Waals surface area contributed by atoms with Crippen molar-refractivity contribution in [3.8, 4) is 5.75 Å². The van der Waals surface area contributed by atoms with E-state index in [0.29, 0.717) is 17.8 Å². The Hall–Kier alpha value is -2.89. The van der Waals surface area contributed by atoms with Crippen LogP contribution in [-0.4, -0.2) is 45.7 Å². The van der Waals surface area contributed by atoms with Crippen molar-refractivity contribution in [3.63, 3.8) is 0 Å². The fourth-order valence-corrected chi connectivity index (χ4v) is 3.24. The van der Waals surface area contributed by atoms with E-state index >= 15 is 0 Å². The summed E-state index contributed by atoms with van der Waals surface area (Å²) in [6, 6.07) is 13.7. The second kappa shape index (κ2) is 7.99. The molecule has 0 radical (unpaired) electrons. The Morgan fingerprint density at radius 3 is 2.31 bits per heavy atom. The van der Waals surface area contributed by atoms with Crippen LogP contribution in [-0.2, 0) is 0 Å². The number of anilines is 3. The minimum Gasteiger partial charge on any atom is -0.497 e. The van der Waals surface area contributed by atoms with Gasteiger partial charge in [0.15, 0.2) is 0 Å². The summed E-state index contributed by atoms with van der Waals surface area (Å²) in [5.41, 5.74) is 9.65. The van der Waals surface area contributed by atoms with E-state index < -0.39 is 0 Å². The van der Waals surface area contributed by atoms with Crippen LogP contribution in [0, 0.1) is 0 Å². The lowest BCUT2D eigenvalue weighted by atomic mass is 10.1. The van der Waals surface area contributed by atoms with Crippen LogP contribution >= 0.6 is 0 Å². The van der Waals surface area contributed by atoms with Crippen molar-refractivity contribution in [2.75, 3.05) is 55.4 Å². The van der Waals surface area contributed by atoms with Gasteiger partial charge in [0.25, 0.3) is 5.91 Å². The summed E-state index contributed by atoms with van der Waals surface area (Å²) in [5.74, 6) is 0.780. The van der Waals surface area contributed by atoms with Gasteiger partial charge in [0.05, 0.1) is 18.5 Å². The number of benzene rings is 2. The lowest BCUT2D eigenvalue weighted by Gasteiger charge is -2.38. The van der Waals surface area contributed by atoms with E-state index in [1.807, 2.05) is 31.2 Å². The molecule has 0 saturated carbocycles. The highest BCUT2D eigenvalue weighted by Crippen LogP contribution is 2.27. The zero-order valence-electron chi connectivity index (χ0n) is 15.4. The number of rotatable bonds is 5. The summed E-state index contributed by atoms with van der Waals surface area (Å²) in [6.07, 6.45) is 0. The minimum atomic E-state index is -0.0879. The molecular formula is C20H26N4O2. The molecule has 0 unspecified atom stereocenters. The Morgan fingerprint density at radius 2 is 1.73 bits per heavy atom. The maximum Gasteiger partial charge on any atom is 0.251 e. The number of nitrogens with zero attached hydrogens (tertiary/aromatic N) is 2. The Kier molecular flexibility index (Phi) is 5.51. The topological polar surface area (TPSA) is 70.8 Å². The van der Waals surface area contributed by atoms with Crippen molar-refractivity contribution in [2.45, 2.75) is 6.92 Å². The third-order valence-electron chi connectivity index (χ3n) is 4.68. The van der Waals surface area contributed by atoms with E-state index in [4.69, 9.17) is 10.5 Å². The number of hydrogen-bond acceptors (Lipinski definition) is 5. The quantitative estimate of drug-likeness (QED) is 0.807. The summed E-state index contributed by atoms with van der Waals surface area (Å²) in [4.78, 5) is 16.6. The van der Waals surface area contributed by atoms with Gasteiger partial charge in [-0.1, -0.05) is 0 Å². The normalized spacial score (nSPS) is 14.2. The van der Waals surface area contributed by atoms with Crippen LogP contribution in [0.5, 0.6) is 5.75 Å². The molecule has 0 atom stereocenters. The van der Waals surface area contributed by atoms with Crippen molar-refractivity contribution < 1.29 is 9.53 Å². The molecule has 2 aromatic carbocycles.